The van der Waals surface area contributed by atoms with Gasteiger partial charge in [0.25, 0.3) is 0 Å². The number of halogens is 1. The van der Waals surface area contributed by atoms with Crippen molar-refractivity contribution in [2.24, 2.45) is 0 Å². The van der Waals surface area contributed by atoms with Crippen LogP contribution < -0.4 is 0 Å². The zero-order valence-corrected chi connectivity index (χ0v) is 9.68. The summed E-state index contributed by atoms with van der Waals surface area (Å²) in [6, 6.07) is 0.628. The van der Waals surface area contributed by atoms with E-state index in [2.05, 4.69) is 0 Å². The van der Waals surface area contributed by atoms with Crippen LogP contribution in [0.25, 0.3) is 0 Å². The molecule has 0 aromatic carbocycles. The van der Waals surface area contributed by atoms with Crippen LogP contribution in [0.2, 0.25) is 0 Å². The summed E-state index contributed by atoms with van der Waals surface area (Å²) >= 11 is 5.91. The fourth-order valence-corrected chi connectivity index (χ4v) is 4.59. The van der Waals surface area contributed by atoms with Crippen molar-refractivity contribution in [1.82, 2.24) is 4.67 Å². The first-order valence-corrected chi connectivity index (χ1v) is 7.37. The molecule has 0 atom stereocenters. The second-order valence-corrected chi connectivity index (χ2v) is 7.97. The molecule has 0 rings (SSSR count). The minimum absolute atomic E-state index is 0.314. The van der Waals surface area contributed by atoms with Gasteiger partial charge in [-0.15, -0.1) is 0 Å². The van der Waals surface area contributed by atoms with Crippen LogP contribution in [0.15, 0.2) is 0 Å². The molecule has 0 aliphatic heterocycles. The fourth-order valence-electron chi connectivity index (χ4n) is 1.54. The molecule has 0 aliphatic carbocycles. The van der Waals surface area contributed by atoms with Gasteiger partial charge in [-0.25, -0.2) is 0 Å². The van der Waals surface area contributed by atoms with Crippen LogP contribution in [0.5, 0.6) is 0 Å². The van der Waals surface area contributed by atoms with E-state index in [1.807, 2.05) is 32.4 Å². The van der Waals surface area contributed by atoms with Gasteiger partial charge in [-0.05, 0) is 0 Å². The van der Waals surface area contributed by atoms with E-state index in [1.54, 1.807) is 6.66 Å². The summed E-state index contributed by atoms with van der Waals surface area (Å²) in [4.78, 5) is 9.65. The van der Waals surface area contributed by atoms with E-state index in [0.29, 0.717) is 12.1 Å². The summed E-state index contributed by atoms with van der Waals surface area (Å²) in [5, 5.41) is 0. The molecule has 0 aromatic rings. The molecule has 0 saturated heterocycles. The Morgan fingerprint density at radius 1 is 1.18 bits per heavy atom. The summed E-state index contributed by atoms with van der Waals surface area (Å²) in [6.45, 7) is 7.31. The standard InChI is InChI=1S/C7H19ClNOP/c1-6(2)9(7(3)4)11(5,8)10/h6-7,10-11H,1-5H3. The van der Waals surface area contributed by atoms with E-state index in [4.69, 9.17) is 11.2 Å². The van der Waals surface area contributed by atoms with Crippen LogP contribution in [-0.4, -0.2) is 28.3 Å². The van der Waals surface area contributed by atoms with Gasteiger partial charge in [0, 0.05) is 0 Å². The van der Waals surface area contributed by atoms with Gasteiger partial charge in [0.2, 0.25) is 0 Å². The second-order valence-electron chi connectivity index (χ2n) is 3.50. The topological polar surface area (TPSA) is 23.5 Å². The van der Waals surface area contributed by atoms with Crippen molar-refractivity contribution in [3.8, 4) is 0 Å². The first-order chi connectivity index (χ1) is 4.76. The quantitative estimate of drug-likeness (QED) is 0.706. The molecule has 0 unspecified atom stereocenters. The van der Waals surface area contributed by atoms with Crippen LogP contribution >= 0.6 is 18.2 Å². The number of hydrogen-bond donors (Lipinski definition) is 1. The molecule has 11 heavy (non-hydrogen) atoms. The van der Waals surface area contributed by atoms with Gasteiger partial charge in [-0.1, -0.05) is 0 Å². The van der Waals surface area contributed by atoms with Crippen LogP contribution in [0.3, 0.4) is 0 Å². The van der Waals surface area contributed by atoms with Gasteiger partial charge in [0.05, 0.1) is 0 Å². The van der Waals surface area contributed by atoms with Gasteiger partial charge in [0.1, 0.15) is 0 Å². The molecule has 0 amide bonds. The van der Waals surface area contributed by atoms with Crippen LogP contribution in [-0.2, 0) is 0 Å². The molecular weight excluding hydrogens is 181 g/mol. The molecule has 4 heteroatoms. The second kappa shape index (κ2) is 4.04. The van der Waals surface area contributed by atoms with Crippen LogP contribution in [0.4, 0.5) is 0 Å². The molecule has 0 fully saturated rings. The maximum atomic E-state index is 9.65. The van der Waals surface area contributed by atoms with Gasteiger partial charge in [-0.3, -0.25) is 0 Å². The van der Waals surface area contributed by atoms with Crippen LogP contribution in [0.1, 0.15) is 27.7 Å². The first-order valence-electron chi connectivity index (χ1n) is 3.96. The third kappa shape index (κ3) is 3.71. The van der Waals surface area contributed by atoms with Crippen molar-refractivity contribution >= 4 is 18.2 Å². The average Bonchev–Trinajstić information content (AvgIpc) is 1.54. The third-order valence-electron chi connectivity index (χ3n) is 1.58. The number of nitrogens with zero attached hydrogens (tertiary/aromatic N) is 1. The predicted octanol–water partition coefficient (Wildman–Crippen LogP) is 2.46. The van der Waals surface area contributed by atoms with Crippen LogP contribution in [0, 0.1) is 0 Å². The minimum atomic E-state index is -2.61. The third-order valence-corrected chi connectivity index (χ3v) is 4.14. The van der Waals surface area contributed by atoms with Gasteiger partial charge in [0.15, 0.2) is 0 Å². The van der Waals surface area contributed by atoms with Crippen molar-refractivity contribution in [2.75, 3.05) is 6.66 Å². The molecule has 2 nitrogen and oxygen atoms in total. The molecule has 70 valence electrons. The van der Waals surface area contributed by atoms with Gasteiger partial charge in [-0.2, -0.15) is 0 Å². The van der Waals surface area contributed by atoms with E-state index in [0.717, 1.165) is 0 Å². The van der Waals surface area contributed by atoms with E-state index in [1.165, 1.54) is 0 Å². The first kappa shape index (κ1) is 11.6. The zero-order chi connectivity index (χ0) is 9.23. The summed E-state index contributed by atoms with van der Waals surface area (Å²) in [6.07, 6.45) is 0. The maximum absolute atomic E-state index is 9.65. The Kier molecular flexibility index (Phi) is 4.28. The van der Waals surface area contributed by atoms with Crippen molar-refractivity contribution in [3.63, 3.8) is 0 Å². The average molecular weight is 200 g/mol. The van der Waals surface area contributed by atoms with Crippen molar-refractivity contribution in [1.29, 1.82) is 0 Å². The summed E-state index contributed by atoms with van der Waals surface area (Å²) in [7, 11) is 0. The normalized spacial score (nSPS) is 15.1. The Balaban J connectivity index is 4.35. The molecule has 0 aliphatic rings. The molecule has 0 aromatic heterocycles. The fraction of sp³-hybridized carbons (Fsp3) is 1.00. The van der Waals surface area contributed by atoms with E-state index in [9.17, 15) is 4.89 Å². The van der Waals surface area contributed by atoms with Crippen molar-refractivity contribution < 1.29 is 4.89 Å². The molecule has 0 saturated carbocycles. The summed E-state index contributed by atoms with van der Waals surface area (Å²) in [5.74, 6) is 0. The van der Waals surface area contributed by atoms with E-state index >= 15 is 0 Å². The molecule has 1 N–H and O–H groups in total. The summed E-state index contributed by atoms with van der Waals surface area (Å²) in [5.41, 5.74) is 0. The Morgan fingerprint density at radius 3 is 1.45 bits per heavy atom. The monoisotopic (exact) mass is 199 g/mol. The van der Waals surface area contributed by atoms with Gasteiger partial charge < -0.3 is 0 Å². The van der Waals surface area contributed by atoms with Gasteiger partial charge >= 0.3 is 74.2 Å². The number of hydrogen-bond acceptors (Lipinski definition) is 2. The zero-order valence-electron chi connectivity index (χ0n) is 7.93. The van der Waals surface area contributed by atoms with E-state index in [-0.39, 0.29) is 0 Å². The molecule has 0 bridgehead atoms. The predicted molar refractivity (Wildman–Crippen MR) is 54.4 cm³/mol. The Morgan fingerprint density at radius 2 is 1.45 bits per heavy atom. The molecule has 0 heterocycles. The SMILES string of the molecule is CC(C)N(C(C)C)[PH](C)(O)Cl. The molecular formula is C7H19ClNOP. The summed E-state index contributed by atoms with van der Waals surface area (Å²) < 4.78 is 1.98. The van der Waals surface area contributed by atoms with E-state index < -0.39 is 6.99 Å². The molecule has 0 radical (unpaired) electrons. The van der Waals surface area contributed by atoms with Crippen molar-refractivity contribution in [2.45, 2.75) is 39.8 Å². The Labute approximate surface area is 74.8 Å². The number of rotatable bonds is 3. The Bertz CT molecular complexity index is 114. The van der Waals surface area contributed by atoms with Crippen molar-refractivity contribution in [3.05, 3.63) is 0 Å². The Hall–Kier alpha value is 0.640. The molecule has 0 spiro atoms.